The molecule has 1 amide bonds. The van der Waals surface area contributed by atoms with E-state index in [2.05, 4.69) is 37.9 Å². The molecule has 0 aliphatic carbocycles. The van der Waals surface area contributed by atoms with E-state index in [-0.39, 0.29) is 30.7 Å². The number of nitrogen functional groups attached to an aromatic ring is 1. The molecule has 1 aromatic rings. The van der Waals surface area contributed by atoms with Crippen molar-refractivity contribution in [2.24, 2.45) is 0 Å². The van der Waals surface area contributed by atoms with Gasteiger partial charge in [0.25, 0.3) is 5.91 Å². The Bertz CT molecular complexity index is 417. The minimum absolute atomic E-state index is 0. The third kappa shape index (κ3) is 7.02. The first-order valence-corrected chi connectivity index (χ1v) is 6.82. The van der Waals surface area contributed by atoms with Gasteiger partial charge in [0, 0.05) is 30.9 Å². The van der Waals surface area contributed by atoms with Crippen molar-refractivity contribution >= 4 is 36.4 Å². The number of para-hydroxylation sites is 1. The third-order valence-corrected chi connectivity index (χ3v) is 3.19. The Morgan fingerprint density at radius 1 is 1.14 bits per heavy atom. The number of rotatable bonds is 6. The summed E-state index contributed by atoms with van der Waals surface area (Å²) in [5, 5.41) is 2.92. The van der Waals surface area contributed by atoms with E-state index in [1.807, 2.05) is 12.1 Å². The van der Waals surface area contributed by atoms with E-state index < -0.39 is 0 Å². The number of halogens is 2. The largest absolute Gasteiger partial charge is 0.398 e. The maximum Gasteiger partial charge on any atom is 0.253 e. The van der Waals surface area contributed by atoms with Crippen LogP contribution in [0.15, 0.2) is 24.3 Å². The van der Waals surface area contributed by atoms with Crippen LogP contribution in [-0.4, -0.2) is 36.0 Å². The summed E-state index contributed by atoms with van der Waals surface area (Å²) in [7, 11) is 0. The van der Waals surface area contributed by atoms with Gasteiger partial charge >= 0.3 is 0 Å². The van der Waals surface area contributed by atoms with Crippen LogP contribution < -0.4 is 11.1 Å². The number of amides is 1. The molecule has 0 radical (unpaired) electrons. The molecule has 0 unspecified atom stereocenters. The molecular weight excluding hydrogens is 309 g/mol. The molecule has 0 aromatic heterocycles. The van der Waals surface area contributed by atoms with Crippen LogP contribution in [-0.2, 0) is 0 Å². The molecule has 0 atom stereocenters. The van der Waals surface area contributed by atoms with Gasteiger partial charge in [0.05, 0.1) is 5.56 Å². The molecule has 0 saturated carbocycles. The number of nitrogens with two attached hydrogens (primary N) is 1. The Balaban J connectivity index is 0. The highest BCUT2D eigenvalue weighted by Crippen LogP contribution is 2.10. The molecule has 0 heterocycles. The van der Waals surface area contributed by atoms with Crippen LogP contribution in [0.5, 0.6) is 0 Å². The van der Waals surface area contributed by atoms with Gasteiger partial charge in [-0.05, 0) is 39.8 Å². The minimum Gasteiger partial charge on any atom is -0.398 e. The zero-order valence-corrected chi connectivity index (χ0v) is 14.8. The lowest BCUT2D eigenvalue weighted by atomic mass is 10.1. The number of nitrogens with zero attached hydrogens (tertiary/aromatic N) is 1. The lowest BCUT2D eigenvalue weighted by Crippen LogP contribution is -2.42. The number of carbonyl (C=O) groups is 1. The van der Waals surface area contributed by atoms with E-state index in [9.17, 15) is 4.79 Å². The highest BCUT2D eigenvalue weighted by atomic mass is 35.5. The molecule has 122 valence electrons. The Labute approximate surface area is 140 Å². The lowest BCUT2D eigenvalue weighted by Gasteiger charge is -2.30. The van der Waals surface area contributed by atoms with E-state index in [1.54, 1.807) is 12.1 Å². The second kappa shape index (κ2) is 10.7. The van der Waals surface area contributed by atoms with Crippen LogP contribution in [0.4, 0.5) is 5.69 Å². The predicted octanol–water partition coefficient (Wildman–Crippen LogP) is 2.96. The summed E-state index contributed by atoms with van der Waals surface area (Å²) in [6, 6.07) is 8.07. The van der Waals surface area contributed by atoms with Crippen molar-refractivity contribution < 1.29 is 4.79 Å². The Kier molecular flexibility index (Phi) is 11.4. The quantitative estimate of drug-likeness (QED) is 0.785. The van der Waals surface area contributed by atoms with Crippen molar-refractivity contribution in [1.82, 2.24) is 10.2 Å². The summed E-state index contributed by atoms with van der Waals surface area (Å²) in [5.41, 5.74) is 6.84. The number of hydrogen-bond donors (Lipinski definition) is 2. The fraction of sp³-hybridized carbons (Fsp3) is 0.533. The van der Waals surface area contributed by atoms with Crippen molar-refractivity contribution in [3.8, 4) is 0 Å². The van der Waals surface area contributed by atoms with Gasteiger partial charge in [-0.25, -0.2) is 0 Å². The number of nitrogens with one attached hydrogen (secondary N) is 1. The van der Waals surface area contributed by atoms with E-state index in [4.69, 9.17) is 5.73 Å². The van der Waals surface area contributed by atoms with E-state index >= 15 is 0 Å². The monoisotopic (exact) mass is 335 g/mol. The third-order valence-electron chi connectivity index (χ3n) is 3.19. The highest BCUT2D eigenvalue weighted by molar-refractivity contribution is 5.99. The first-order valence-electron chi connectivity index (χ1n) is 6.82. The zero-order chi connectivity index (χ0) is 14.4. The zero-order valence-electron chi connectivity index (χ0n) is 13.1. The first-order chi connectivity index (χ1) is 8.93. The lowest BCUT2D eigenvalue weighted by molar-refractivity contribution is 0.0940. The van der Waals surface area contributed by atoms with Crippen LogP contribution in [0, 0.1) is 0 Å². The van der Waals surface area contributed by atoms with E-state index in [0.717, 1.165) is 6.54 Å². The van der Waals surface area contributed by atoms with Gasteiger partial charge in [0.2, 0.25) is 0 Å². The molecule has 4 nitrogen and oxygen atoms in total. The summed E-state index contributed by atoms with van der Waals surface area (Å²) in [6.07, 6.45) is 0. The number of benzene rings is 1. The Morgan fingerprint density at radius 3 is 2.14 bits per heavy atom. The number of anilines is 1. The molecule has 0 spiro atoms. The van der Waals surface area contributed by atoms with Gasteiger partial charge in [-0.1, -0.05) is 12.1 Å². The fourth-order valence-electron chi connectivity index (χ4n) is 2.21. The normalized spacial score (nSPS) is 10.2. The summed E-state index contributed by atoms with van der Waals surface area (Å²) in [6.45, 7) is 10.1. The molecular formula is C15H27Cl2N3O. The van der Waals surface area contributed by atoms with Gasteiger partial charge in [0.1, 0.15) is 0 Å². The second-order valence-corrected chi connectivity index (χ2v) is 5.27. The molecule has 0 aliphatic heterocycles. The van der Waals surface area contributed by atoms with Crippen LogP contribution >= 0.6 is 24.8 Å². The summed E-state index contributed by atoms with van der Waals surface area (Å²) >= 11 is 0. The SMILES string of the molecule is CC(C)N(CCNC(=O)c1ccccc1N)C(C)C.Cl.Cl. The van der Waals surface area contributed by atoms with Crippen LogP contribution in [0.1, 0.15) is 38.1 Å². The van der Waals surface area contributed by atoms with Gasteiger partial charge in [-0.3, -0.25) is 9.69 Å². The Morgan fingerprint density at radius 2 is 1.67 bits per heavy atom. The number of carbonyl (C=O) groups excluding carboxylic acids is 1. The molecule has 3 N–H and O–H groups in total. The summed E-state index contributed by atoms with van der Waals surface area (Å²) in [5.74, 6) is -0.106. The molecule has 0 aliphatic rings. The molecule has 1 rings (SSSR count). The molecule has 0 fully saturated rings. The van der Waals surface area contributed by atoms with Gasteiger partial charge < -0.3 is 11.1 Å². The fourth-order valence-corrected chi connectivity index (χ4v) is 2.21. The molecule has 6 heteroatoms. The van der Waals surface area contributed by atoms with Crippen LogP contribution in [0.2, 0.25) is 0 Å². The maximum absolute atomic E-state index is 12.0. The van der Waals surface area contributed by atoms with Gasteiger partial charge in [-0.15, -0.1) is 24.8 Å². The molecule has 1 aromatic carbocycles. The standard InChI is InChI=1S/C15H25N3O.2ClH/c1-11(2)18(12(3)4)10-9-17-15(19)13-7-5-6-8-14(13)16;;/h5-8,11-12H,9-10,16H2,1-4H3,(H,17,19);2*1H. The van der Waals surface area contributed by atoms with Crippen molar-refractivity contribution in [2.45, 2.75) is 39.8 Å². The Hall–Kier alpha value is -0.970. The molecule has 0 bridgehead atoms. The average molecular weight is 336 g/mol. The maximum atomic E-state index is 12.0. The summed E-state index contributed by atoms with van der Waals surface area (Å²) < 4.78 is 0. The molecule has 0 saturated heterocycles. The number of hydrogen-bond acceptors (Lipinski definition) is 3. The van der Waals surface area contributed by atoms with Crippen LogP contribution in [0.3, 0.4) is 0 Å². The average Bonchev–Trinajstić information content (AvgIpc) is 2.33. The van der Waals surface area contributed by atoms with Crippen molar-refractivity contribution in [3.63, 3.8) is 0 Å². The minimum atomic E-state index is -0.106. The van der Waals surface area contributed by atoms with Crippen molar-refractivity contribution in [3.05, 3.63) is 29.8 Å². The second-order valence-electron chi connectivity index (χ2n) is 5.27. The summed E-state index contributed by atoms with van der Waals surface area (Å²) in [4.78, 5) is 14.3. The smallest absolute Gasteiger partial charge is 0.253 e. The van der Waals surface area contributed by atoms with Crippen LogP contribution in [0.25, 0.3) is 0 Å². The highest BCUT2D eigenvalue weighted by Gasteiger charge is 2.14. The first kappa shape index (κ1) is 22.3. The van der Waals surface area contributed by atoms with E-state index in [0.29, 0.717) is 29.9 Å². The van der Waals surface area contributed by atoms with Gasteiger partial charge in [0.15, 0.2) is 0 Å². The van der Waals surface area contributed by atoms with Crippen molar-refractivity contribution in [1.29, 1.82) is 0 Å². The topological polar surface area (TPSA) is 58.4 Å². The molecule has 21 heavy (non-hydrogen) atoms. The predicted molar refractivity (Wildman–Crippen MR) is 94.7 cm³/mol. The van der Waals surface area contributed by atoms with Crippen molar-refractivity contribution in [2.75, 3.05) is 18.8 Å². The van der Waals surface area contributed by atoms with Gasteiger partial charge in [-0.2, -0.15) is 0 Å². The van der Waals surface area contributed by atoms with E-state index in [1.165, 1.54) is 0 Å².